The molecule has 0 amide bonds. The van der Waals surface area contributed by atoms with Crippen LogP contribution in [0.15, 0.2) is 63.1 Å². The van der Waals surface area contributed by atoms with E-state index in [9.17, 15) is 0 Å². The van der Waals surface area contributed by atoms with Gasteiger partial charge >= 0.3 is 0 Å². The lowest BCUT2D eigenvalue weighted by Gasteiger charge is -2.25. The fourth-order valence-electron chi connectivity index (χ4n) is 16.5. The molecule has 0 saturated heterocycles. The molecule has 4 aromatic heterocycles. The molecular formula is C80H104Br2N2O4S2. The van der Waals surface area contributed by atoms with E-state index in [1.54, 1.807) is 31.8 Å². The van der Waals surface area contributed by atoms with Gasteiger partial charge in [0.1, 0.15) is 0 Å². The van der Waals surface area contributed by atoms with E-state index in [-0.39, 0.29) is 34.1 Å². The van der Waals surface area contributed by atoms with Gasteiger partial charge in [-0.15, -0.1) is 22.7 Å². The highest BCUT2D eigenvalue weighted by molar-refractivity contribution is 9.11. The maximum atomic E-state index is 15.7. The summed E-state index contributed by atoms with van der Waals surface area (Å²) in [4.78, 5) is 62.9. The first kappa shape index (κ1) is 67.5. The molecule has 11 rings (SSSR count). The van der Waals surface area contributed by atoms with Crippen LogP contribution in [0, 0.1) is 11.8 Å². The van der Waals surface area contributed by atoms with E-state index >= 15 is 19.2 Å². The van der Waals surface area contributed by atoms with Crippen molar-refractivity contribution in [3.8, 4) is 0 Å². The Hall–Kier alpha value is -3.96. The Labute approximate surface area is 560 Å². The minimum absolute atomic E-state index is 0.182. The van der Waals surface area contributed by atoms with Gasteiger partial charge in [-0.1, -0.05) is 259 Å². The molecule has 2 atom stereocenters. The van der Waals surface area contributed by atoms with Crippen molar-refractivity contribution in [3.63, 3.8) is 0 Å². The van der Waals surface area contributed by atoms with Crippen molar-refractivity contribution in [2.45, 2.75) is 298 Å². The molecule has 7 aromatic carbocycles. The van der Waals surface area contributed by atoms with Crippen LogP contribution < -0.4 is 22.2 Å². The highest BCUT2D eigenvalue weighted by Gasteiger charge is 2.32. The normalized spacial score (nSPS) is 13.4. The van der Waals surface area contributed by atoms with Gasteiger partial charge in [0.2, 0.25) is 0 Å². The molecule has 0 aliphatic carbocycles. The zero-order chi connectivity index (χ0) is 62.7. The van der Waals surface area contributed by atoms with Crippen LogP contribution >= 0.6 is 54.5 Å². The largest absolute Gasteiger partial charge is 0.274 e. The third-order valence-corrected chi connectivity index (χ3v) is 24.8. The Morgan fingerprint density at radius 3 is 0.778 bits per heavy atom. The van der Waals surface area contributed by atoms with Crippen LogP contribution in [0.5, 0.6) is 0 Å². The van der Waals surface area contributed by atoms with Gasteiger partial charge in [-0.05, 0) is 127 Å². The van der Waals surface area contributed by atoms with Gasteiger partial charge in [-0.2, -0.15) is 0 Å². The van der Waals surface area contributed by atoms with Crippen molar-refractivity contribution in [2.75, 3.05) is 0 Å². The van der Waals surface area contributed by atoms with Crippen molar-refractivity contribution >= 4 is 161 Å². The second-order valence-electron chi connectivity index (χ2n) is 28.1. The molecule has 2 unspecified atom stereocenters. The maximum Gasteiger partial charge on any atom is 0.261 e. The number of thiophene rings is 2. The number of halogens is 2. The van der Waals surface area contributed by atoms with Gasteiger partial charge in [0.15, 0.2) is 0 Å². The number of benzene rings is 7. The molecule has 0 saturated carbocycles. The van der Waals surface area contributed by atoms with E-state index in [0.29, 0.717) is 34.6 Å². The molecule has 0 aliphatic rings. The van der Waals surface area contributed by atoms with Crippen LogP contribution in [-0.4, -0.2) is 9.13 Å². The SMILES string of the molecule is CCCCCCCCCCCCC(CCCCCCCCCC)Cn1c(=O)c2cc3c4cc(Br)sc4c4cc5c(=O)n(CC(CCCCCCCCCC)CCCCCCCCCCCC)c(=O)c6cc7c8cc(Br)sc8c8cc(c1=O)c2c1c3c4c(c65)c7c81. The minimum Gasteiger partial charge on any atom is -0.274 e. The predicted molar refractivity (Wildman–Crippen MR) is 404 cm³/mol. The molecule has 90 heavy (non-hydrogen) atoms. The third kappa shape index (κ3) is 14.5. The average molecular weight is 1380 g/mol. The molecule has 0 radical (unpaired) electrons. The third-order valence-electron chi connectivity index (χ3n) is 21.4. The van der Waals surface area contributed by atoms with Gasteiger partial charge in [-0.25, -0.2) is 0 Å². The number of rotatable bonds is 44. The van der Waals surface area contributed by atoms with Crippen LogP contribution in [-0.2, 0) is 13.1 Å². The lowest BCUT2D eigenvalue weighted by atomic mass is 9.79. The summed E-state index contributed by atoms with van der Waals surface area (Å²) in [5.41, 5.74) is -0.729. The summed E-state index contributed by atoms with van der Waals surface area (Å²) in [7, 11) is 0. The number of pyridine rings is 2. The zero-order valence-corrected chi connectivity index (χ0v) is 60.2. The van der Waals surface area contributed by atoms with Gasteiger partial charge in [0.05, 0.1) is 7.57 Å². The lowest BCUT2D eigenvalue weighted by Crippen LogP contribution is -2.36. The summed E-state index contributed by atoms with van der Waals surface area (Å²) >= 11 is 11.3. The van der Waals surface area contributed by atoms with E-state index in [4.69, 9.17) is 0 Å². The first-order valence-corrected chi connectivity index (χ1v) is 40.0. The standard InChI is InChI=1S/C80H104Br2N2O4S2/c1-5-9-13-17-21-25-27-31-35-39-43-53(41-37-33-29-23-19-15-11-7-3)51-83-77(85)61-45-55-57-49-65(81)90-76(57)60-48-64-68-62(46-56-58-50-66(82)89-75(58)59-47-63(79(83)87)67(61)73-69(55)72(60)74(68)70(56)71(59)73)78(86)84(80(64)88)52-54(42-38-34-30-24-20-16-12-8-4)44-40-36-32-28-26-22-18-14-10-6-2/h45-50,53-54H,5-44,51-52H2,1-4H3. The maximum absolute atomic E-state index is 15.7. The van der Waals surface area contributed by atoms with Gasteiger partial charge in [0.25, 0.3) is 22.2 Å². The molecule has 4 heterocycles. The van der Waals surface area contributed by atoms with Crippen molar-refractivity contribution in [1.82, 2.24) is 9.13 Å². The summed E-state index contributed by atoms with van der Waals surface area (Å²) in [6, 6.07) is 12.9. The van der Waals surface area contributed by atoms with E-state index in [2.05, 4.69) is 96.0 Å². The zero-order valence-electron chi connectivity index (χ0n) is 55.4. The van der Waals surface area contributed by atoms with Crippen molar-refractivity contribution in [2.24, 2.45) is 11.8 Å². The molecule has 0 N–H and O–H groups in total. The predicted octanol–water partition coefficient (Wildman–Crippen LogP) is 26.0. The van der Waals surface area contributed by atoms with Crippen LogP contribution in [0.4, 0.5) is 0 Å². The molecule has 0 aliphatic heterocycles. The first-order chi connectivity index (χ1) is 44.1. The van der Waals surface area contributed by atoms with Crippen molar-refractivity contribution < 1.29 is 0 Å². The second-order valence-corrected chi connectivity index (χ2v) is 33.0. The highest BCUT2D eigenvalue weighted by atomic mass is 79.9. The number of fused-ring (bicyclic) bond motifs is 6. The molecule has 6 nitrogen and oxygen atoms in total. The Morgan fingerprint density at radius 1 is 0.278 bits per heavy atom. The monoisotopic (exact) mass is 1380 g/mol. The van der Waals surface area contributed by atoms with Crippen LogP contribution in [0.25, 0.3) is 106 Å². The number of hydrogen-bond acceptors (Lipinski definition) is 6. The summed E-state index contributed by atoms with van der Waals surface area (Å²) in [5.74, 6) is 0.474. The molecule has 0 bridgehead atoms. The Bertz CT molecular complexity index is 3840. The summed E-state index contributed by atoms with van der Waals surface area (Å²) in [6.45, 7) is 10.0. The Balaban J connectivity index is 1.01. The van der Waals surface area contributed by atoms with Crippen molar-refractivity contribution in [3.05, 3.63) is 85.4 Å². The number of unbranched alkanes of at least 4 members (excludes halogenated alkanes) is 32. The number of nitrogens with zero attached hydrogens (tertiary/aromatic N) is 2. The van der Waals surface area contributed by atoms with E-state index in [0.717, 1.165) is 144 Å². The van der Waals surface area contributed by atoms with E-state index in [1.807, 2.05) is 0 Å². The minimum atomic E-state index is -0.183. The highest BCUT2D eigenvalue weighted by Crippen LogP contribution is 2.57. The Kier molecular flexibility index (Phi) is 24.3. The number of aromatic nitrogens is 2. The summed E-state index contributed by atoms with van der Waals surface area (Å²) < 4.78 is 7.39. The van der Waals surface area contributed by atoms with Gasteiger partial charge in [-0.3, -0.25) is 28.3 Å². The molecule has 11 aromatic rings. The van der Waals surface area contributed by atoms with E-state index < -0.39 is 0 Å². The summed E-state index contributed by atoms with van der Waals surface area (Å²) in [6.07, 6.45) is 49.9. The quantitative estimate of drug-likeness (QED) is 0.0217. The van der Waals surface area contributed by atoms with Crippen LogP contribution in [0.1, 0.15) is 285 Å². The fourth-order valence-corrected chi connectivity index (χ4v) is 19.8. The molecule has 484 valence electrons. The van der Waals surface area contributed by atoms with Gasteiger partial charge < -0.3 is 0 Å². The summed E-state index contributed by atoms with van der Waals surface area (Å²) in [5, 5.41) is 16.0. The van der Waals surface area contributed by atoms with Crippen LogP contribution in [0.2, 0.25) is 0 Å². The molecule has 0 fully saturated rings. The fraction of sp³-hybridized carbons (Fsp3) is 0.600. The van der Waals surface area contributed by atoms with E-state index in [1.165, 1.54) is 205 Å². The lowest BCUT2D eigenvalue weighted by molar-refractivity contribution is 0.350. The second kappa shape index (κ2) is 32.5. The molecule has 0 spiro atoms. The molecule has 10 heteroatoms. The topological polar surface area (TPSA) is 78.1 Å². The van der Waals surface area contributed by atoms with Crippen molar-refractivity contribution in [1.29, 1.82) is 0 Å². The Morgan fingerprint density at radius 2 is 0.511 bits per heavy atom. The van der Waals surface area contributed by atoms with Crippen LogP contribution in [0.3, 0.4) is 0 Å². The first-order valence-electron chi connectivity index (χ1n) is 36.8. The smallest absolute Gasteiger partial charge is 0.261 e. The van der Waals surface area contributed by atoms with Gasteiger partial charge in [0, 0.05) is 97.9 Å². The average Bonchev–Trinajstić information content (AvgIpc) is 0.922. The molecular weight excluding hydrogens is 1280 g/mol. The number of hydrogen-bond donors (Lipinski definition) is 0.